The highest BCUT2D eigenvalue weighted by atomic mass is 35.5. The molecular formula is C12H7ClF3N5OS2. The minimum Gasteiger partial charge on any atom is -0.325 e. The summed E-state index contributed by atoms with van der Waals surface area (Å²) in [5, 5.41) is 13.6. The highest BCUT2D eigenvalue weighted by Gasteiger charge is 2.33. The fourth-order valence-electron chi connectivity index (χ4n) is 1.74. The standard InChI is InChI=1S/C12H7ClF3N5OS2/c13-8-2-1-6(3-7(8)12(14,15)16)18-9(22)4-23-11-20-21-5-17-19-10(21)24-11/h1-3,5H,4H2,(H,18,22). The van der Waals surface area contributed by atoms with Gasteiger partial charge in [-0.25, -0.2) is 0 Å². The van der Waals surface area contributed by atoms with Crippen molar-refractivity contribution in [2.24, 2.45) is 0 Å². The van der Waals surface area contributed by atoms with Gasteiger partial charge in [0.15, 0.2) is 4.34 Å². The first kappa shape index (κ1) is 17.0. The Hall–Kier alpha value is -1.85. The van der Waals surface area contributed by atoms with Crippen molar-refractivity contribution in [1.82, 2.24) is 19.8 Å². The molecule has 1 amide bonds. The van der Waals surface area contributed by atoms with E-state index in [-0.39, 0.29) is 11.4 Å². The highest BCUT2D eigenvalue weighted by molar-refractivity contribution is 8.01. The van der Waals surface area contributed by atoms with Crippen molar-refractivity contribution in [2.45, 2.75) is 10.5 Å². The van der Waals surface area contributed by atoms with Crippen LogP contribution in [0.15, 0.2) is 28.9 Å². The molecular weight excluding hydrogens is 387 g/mol. The Bertz CT molecular complexity index is 866. The molecule has 0 atom stereocenters. The van der Waals surface area contributed by atoms with E-state index < -0.39 is 22.7 Å². The van der Waals surface area contributed by atoms with E-state index in [1.54, 1.807) is 0 Å². The van der Waals surface area contributed by atoms with Crippen molar-refractivity contribution < 1.29 is 18.0 Å². The number of anilines is 1. The Kier molecular flexibility index (Phi) is 4.65. The Morgan fingerprint density at radius 1 is 1.42 bits per heavy atom. The lowest BCUT2D eigenvalue weighted by molar-refractivity contribution is -0.137. The molecule has 0 aliphatic carbocycles. The van der Waals surface area contributed by atoms with Crippen LogP contribution in [0.2, 0.25) is 5.02 Å². The second-order valence-corrected chi connectivity index (χ2v) is 7.04. The topological polar surface area (TPSA) is 72.2 Å². The lowest BCUT2D eigenvalue weighted by Gasteiger charge is -2.11. The maximum absolute atomic E-state index is 12.8. The fourth-order valence-corrected chi connectivity index (χ4v) is 3.63. The maximum atomic E-state index is 12.8. The molecule has 1 N–H and O–H groups in total. The summed E-state index contributed by atoms with van der Waals surface area (Å²) in [4.78, 5) is 12.5. The first-order valence-corrected chi connectivity index (χ1v) is 8.47. The van der Waals surface area contributed by atoms with Gasteiger partial charge in [0, 0.05) is 5.69 Å². The fraction of sp³-hybridized carbons (Fsp3) is 0.167. The number of halogens is 4. The highest BCUT2D eigenvalue weighted by Crippen LogP contribution is 2.36. The lowest BCUT2D eigenvalue weighted by atomic mass is 10.2. The van der Waals surface area contributed by atoms with Gasteiger partial charge in [0.05, 0.1) is 16.3 Å². The molecule has 1 aromatic carbocycles. The van der Waals surface area contributed by atoms with Crippen LogP contribution in [0, 0.1) is 0 Å². The van der Waals surface area contributed by atoms with Crippen molar-refractivity contribution in [1.29, 1.82) is 0 Å². The lowest BCUT2D eigenvalue weighted by Crippen LogP contribution is -2.15. The van der Waals surface area contributed by atoms with E-state index in [0.717, 1.165) is 23.9 Å². The molecule has 3 aromatic rings. The first-order chi connectivity index (χ1) is 11.3. The number of nitrogens with zero attached hydrogens (tertiary/aromatic N) is 4. The zero-order chi connectivity index (χ0) is 17.3. The van der Waals surface area contributed by atoms with Gasteiger partial charge in [-0.3, -0.25) is 4.79 Å². The maximum Gasteiger partial charge on any atom is 0.417 e. The number of amides is 1. The van der Waals surface area contributed by atoms with Crippen molar-refractivity contribution in [3.8, 4) is 0 Å². The number of hydrogen-bond acceptors (Lipinski definition) is 6. The van der Waals surface area contributed by atoms with Crippen LogP contribution in [0.1, 0.15) is 5.56 Å². The SMILES string of the molecule is O=C(CSc1nn2cnnc2s1)Nc1ccc(Cl)c(C(F)(F)F)c1. The third-order valence-corrected chi connectivity index (χ3v) is 5.13. The van der Waals surface area contributed by atoms with Gasteiger partial charge in [0.25, 0.3) is 0 Å². The van der Waals surface area contributed by atoms with Crippen LogP contribution >= 0.6 is 34.7 Å². The molecule has 0 saturated heterocycles. The van der Waals surface area contributed by atoms with E-state index >= 15 is 0 Å². The molecule has 0 bridgehead atoms. The predicted molar refractivity (Wildman–Crippen MR) is 84.5 cm³/mol. The summed E-state index contributed by atoms with van der Waals surface area (Å²) >= 11 is 7.93. The molecule has 0 aliphatic heterocycles. The van der Waals surface area contributed by atoms with Crippen molar-refractivity contribution in [3.63, 3.8) is 0 Å². The van der Waals surface area contributed by atoms with Gasteiger partial charge in [-0.2, -0.15) is 17.7 Å². The Balaban J connectivity index is 1.63. The van der Waals surface area contributed by atoms with Gasteiger partial charge >= 0.3 is 6.18 Å². The molecule has 0 fully saturated rings. The summed E-state index contributed by atoms with van der Waals surface area (Å²) in [6.45, 7) is 0. The molecule has 24 heavy (non-hydrogen) atoms. The van der Waals surface area contributed by atoms with Crippen molar-refractivity contribution in [2.75, 3.05) is 11.1 Å². The second kappa shape index (κ2) is 6.57. The predicted octanol–water partition coefficient (Wildman–Crippen LogP) is 3.59. The number of benzene rings is 1. The quantitative estimate of drug-likeness (QED) is 0.686. The number of carbonyl (C=O) groups excluding carboxylic acids is 1. The molecule has 0 saturated carbocycles. The summed E-state index contributed by atoms with van der Waals surface area (Å²) in [7, 11) is 0. The summed E-state index contributed by atoms with van der Waals surface area (Å²) < 4.78 is 40.4. The number of carbonyl (C=O) groups is 1. The van der Waals surface area contributed by atoms with Crippen LogP contribution in [0.25, 0.3) is 4.96 Å². The molecule has 0 unspecified atom stereocenters. The van der Waals surface area contributed by atoms with Crippen LogP contribution in [-0.2, 0) is 11.0 Å². The van der Waals surface area contributed by atoms with Gasteiger partial charge in [0.1, 0.15) is 6.33 Å². The Labute approximate surface area is 146 Å². The van der Waals surface area contributed by atoms with Crippen molar-refractivity contribution >= 4 is 51.3 Å². The van der Waals surface area contributed by atoms with Crippen LogP contribution in [0.3, 0.4) is 0 Å². The molecule has 126 valence electrons. The van der Waals surface area contributed by atoms with Crippen LogP contribution in [0.5, 0.6) is 0 Å². The monoisotopic (exact) mass is 393 g/mol. The van der Waals surface area contributed by atoms with Crippen molar-refractivity contribution in [3.05, 3.63) is 35.1 Å². The van der Waals surface area contributed by atoms with Crippen LogP contribution in [-0.4, -0.2) is 31.5 Å². The van der Waals surface area contributed by atoms with Gasteiger partial charge in [-0.1, -0.05) is 34.7 Å². The number of nitrogens with one attached hydrogen (secondary N) is 1. The average molecular weight is 394 g/mol. The summed E-state index contributed by atoms with van der Waals surface area (Å²) in [5.74, 6) is -0.463. The number of alkyl halides is 3. The normalized spacial score (nSPS) is 11.8. The zero-order valence-electron chi connectivity index (χ0n) is 11.5. The minimum absolute atomic E-state index is 0.00588. The van der Waals surface area contributed by atoms with E-state index in [2.05, 4.69) is 20.6 Å². The van der Waals surface area contributed by atoms with Crippen LogP contribution in [0.4, 0.5) is 18.9 Å². The molecule has 2 heterocycles. The average Bonchev–Trinajstić information content (AvgIpc) is 3.07. The second-order valence-electron chi connectivity index (χ2n) is 4.46. The van der Waals surface area contributed by atoms with Crippen LogP contribution < -0.4 is 5.32 Å². The molecule has 2 aromatic heterocycles. The van der Waals surface area contributed by atoms with Gasteiger partial charge < -0.3 is 5.32 Å². The number of aromatic nitrogens is 4. The van der Waals surface area contributed by atoms with E-state index in [4.69, 9.17) is 11.6 Å². The smallest absolute Gasteiger partial charge is 0.325 e. The van der Waals surface area contributed by atoms with Gasteiger partial charge in [0.2, 0.25) is 10.9 Å². The number of rotatable bonds is 4. The summed E-state index contributed by atoms with van der Waals surface area (Å²) in [6.07, 6.45) is -3.15. The molecule has 6 nitrogen and oxygen atoms in total. The minimum atomic E-state index is -4.59. The van der Waals surface area contributed by atoms with Gasteiger partial charge in [-0.15, -0.1) is 15.3 Å². The number of fused-ring (bicyclic) bond motifs is 1. The van der Waals surface area contributed by atoms with E-state index in [1.165, 1.54) is 28.2 Å². The Morgan fingerprint density at radius 2 is 2.21 bits per heavy atom. The number of hydrogen-bond donors (Lipinski definition) is 1. The van der Waals surface area contributed by atoms with E-state index in [0.29, 0.717) is 9.30 Å². The number of thioether (sulfide) groups is 1. The molecule has 0 spiro atoms. The zero-order valence-corrected chi connectivity index (χ0v) is 13.9. The third-order valence-electron chi connectivity index (χ3n) is 2.75. The Morgan fingerprint density at radius 3 is 2.92 bits per heavy atom. The first-order valence-electron chi connectivity index (χ1n) is 6.29. The molecule has 0 aliphatic rings. The summed E-state index contributed by atoms with van der Waals surface area (Å²) in [6, 6.07) is 3.20. The third kappa shape index (κ3) is 3.79. The van der Waals surface area contributed by atoms with E-state index in [9.17, 15) is 18.0 Å². The van der Waals surface area contributed by atoms with Gasteiger partial charge in [-0.05, 0) is 18.2 Å². The summed E-state index contributed by atoms with van der Waals surface area (Å²) in [5.41, 5.74) is -0.973. The molecule has 12 heteroatoms. The largest absolute Gasteiger partial charge is 0.417 e. The molecule has 3 rings (SSSR count). The van der Waals surface area contributed by atoms with E-state index in [1.807, 2.05) is 0 Å². The molecule has 0 radical (unpaired) electrons.